The predicted octanol–water partition coefficient (Wildman–Crippen LogP) is 1.55. The summed E-state index contributed by atoms with van der Waals surface area (Å²) in [6.07, 6.45) is 1.20. The van der Waals surface area contributed by atoms with E-state index in [1.165, 1.54) is 19.4 Å². The third kappa shape index (κ3) is 4.35. The molecule has 0 radical (unpaired) electrons. The average molecular weight is 278 g/mol. The molecule has 1 N–H and O–H groups in total. The summed E-state index contributed by atoms with van der Waals surface area (Å²) in [4.78, 5) is 19.9. The second-order valence-electron chi connectivity index (χ2n) is 3.34. The van der Waals surface area contributed by atoms with Gasteiger partial charge in [0.05, 0.1) is 22.1 Å². The molecule has 0 saturated heterocycles. The fraction of sp³-hybridized carbons (Fsp3) is 0.182. The molecule has 1 aromatic rings. The van der Waals surface area contributed by atoms with Gasteiger partial charge in [-0.25, -0.2) is 0 Å². The number of anilines is 1. The molecular formula is C11H10N4O5. The molecule has 0 saturated carbocycles. The molecule has 0 spiro atoms. The van der Waals surface area contributed by atoms with Gasteiger partial charge >= 0.3 is 5.69 Å². The molecule has 0 unspecified atom stereocenters. The number of ether oxygens (including phenoxy) is 1. The second-order valence-corrected chi connectivity index (χ2v) is 3.34. The number of nitro benzene ring substituents is 2. The van der Waals surface area contributed by atoms with E-state index in [9.17, 15) is 20.2 Å². The maximum Gasteiger partial charge on any atom is 0.301 e. The molecule has 1 aromatic carbocycles. The summed E-state index contributed by atoms with van der Waals surface area (Å²) in [5, 5.41) is 25.0. The monoisotopic (exact) mass is 278 g/mol. The van der Waals surface area contributed by atoms with Gasteiger partial charge in [0.15, 0.2) is 0 Å². The number of rotatable bonds is 5. The highest BCUT2D eigenvalue weighted by atomic mass is 16.6. The number of hydrogen-bond acceptors (Lipinski definition) is 7. The van der Waals surface area contributed by atoms with Crippen LogP contribution in [0.2, 0.25) is 0 Å². The Kier molecular flexibility index (Phi) is 5.61. The van der Waals surface area contributed by atoms with Gasteiger partial charge in [0.2, 0.25) is 0 Å². The van der Waals surface area contributed by atoms with Crippen LogP contribution in [-0.4, -0.2) is 29.8 Å². The van der Waals surface area contributed by atoms with Crippen molar-refractivity contribution in [1.82, 2.24) is 0 Å². The molecule has 0 aliphatic heterocycles. The maximum absolute atomic E-state index is 10.8. The molecule has 9 nitrogen and oxygen atoms in total. The lowest BCUT2D eigenvalue weighted by Crippen LogP contribution is -1.98. The van der Waals surface area contributed by atoms with Crippen LogP contribution in [0.1, 0.15) is 0 Å². The predicted molar refractivity (Wildman–Crippen MR) is 71.5 cm³/mol. The van der Waals surface area contributed by atoms with Crippen molar-refractivity contribution in [3.8, 4) is 11.8 Å². The van der Waals surface area contributed by atoms with Crippen LogP contribution in [0, 0.1) is 32.1 Å². The van der Waals surface area contributed by atoms with Crippen molar-refractivity contribution >= 4 is 23.3 Å². The normalized spacial score (nSPS) is 9.85. The first-order valence-corrected chi connectivity index (χ1v) is 5.24. The first kappa shape index (κ1) is 15.1. The summed E-state index contributed by atoms with van der Waals surface area (Å²) in [7, 11) is 1.49. The fourth-order valence-electron chi connectivity index (χ4n) is 1.17. The number of hydrogen-bond donors (Lipinski definition) is 1. The number of nitrogens with one attached hydrogen (secondary N) is 1. The zero-order valence-corrected chi connectivity index (χ0v) is 10.4. The zero-order valence-electron chi connectivity index (χ0n) is 10.4. The summed E-state index contributed by atoms with van der Waals surface area (Å²) in [6, 6.07) is 3.20. The van der Waals surface area contributed by atoms with Crippen LogP contribution in [0.5, 0.6) is 0 Å². The lowest BCUT2D eigenvalue weighted by molar-refractivity contribution is -0.393. The molecule has 0 bridgehead atoms. The number of benzene rings is 1. The van der Waals surface area contributed by atoms with Crippen molar-refractivity contribution in [3.05, 3.63) is 38.4 Å². The Morgan fingerprint density at radius 1 is 1.40 bits per heavy atom. The number of nitrogens with zero attached hydrogens (tertiary/aromatic N) is 3. The van der Waals surface area contributed by atoms with Crippen LogP contribution >= 0.6 is 0 Å². The van der Waals surface area contributed by atoms with E-state index in [-0.39, 0.29) is 18.0 Å². The van der Waals surface area contributed by atoms with Crippen molar-refractivity contribution in [2.75, 3.05) is 19.1 Å². The second kappa shape index (κ2) is 7.45. The maximum atomic E-state index is 10.8. The summed E-state index contributed by atoms with van der Waals surface area (Å²) >= 11 is 0. The summed E-state index contributed by atoms with van der Waals surface area (Å²) in [6.45, 7) is 0.240. The van der Waals surface area contributed by atoms with Crippen molar-refractivity contribution in [1.29, 1.82) is 0 Å². The summed E-state index contributed by atoms with van der Waals surface area (Å²) in [5.74, 6) is 5.13. The van der Waals surface area contributed by atoms with Gasteiger partial charge in [-0.2, -0.15) is 5.10 Å². The van der Waals surface area contributed by atoms with Crippen LogP contribution in [0.3, 0.4) is 0 Å². The minimum atomic E-state index is -0.735. The third-order valence-electron chi connectivity index (χ3n) is 2.02. The van der Waals surface area contributed by atoms with Gasteiger partial charge in [0, 0.05) is 13.2 Å². The van der Waals surface area contributed by atoms with E-state index in [0.29, 0.717) is 0 Å². The molecule has 0 amide bonds. The third-order valence-corrected chi connectivity index (χ3v) is 2.02. The summed E-state index contributed by atoms with van der Waals surface area (Å²) < 4.78 is 4.68. The highest BCUT2D eigenvalue weighted by Crippen LogP contribution is 2.28. The lowest BCUT2D eigenvalue weighted by atomic mass is 10.2. The van der Waals surface area contributed by atoms with E-state index in [1.54, 1.807) is 0 Å². The molecule has 104 valence electrons. The average Bonchev–Trinajstić information content (AvgIpc) is 2.42. The van der Waals surface area contributed by atoms with Crippen LogP contribution in [0.15, 0.2) is 23.3 Å². The van der Waals surface area contributed by atoms with Crippen LogP contribution in [0.25, 0.3) is 0 Å². The van der Waals surface area contributed by atoms with E-state index in [0.717, 1.165) is 12.1 Å². The van der Waals surface area contributed by atoms with E-state index in [2.05, 4.69) is 27.1 Å². The lowest BCUT2D eigenvalue weighted by Gasteiger charge is -2.00. The SMILES string of the molecule is COCC#C/C=N\Nc1ccc([N+](=O)[O-])cc1[N+](=O)[O-]. The molecular weight excluding hydrogens is 268 g/mol. The van der Waals surface area contributed by atoms with Crippen molar-refractivity contribution in [2.24, 2.45) is 5.10 Å². The van der Waals surface area contributed by atoms with Gasteiger partial charge in [0.25, 0.3) is 5.69 Å². The van der Waals surface area contributed by atoms with Crippen molar-refractivity contribution in [2.45, 2.75) is 0 Å². The number of non-ortho nitro benzene ring substituents is 1. The zero-order chi connectivity index (χ0) is 15.0. The van der Waals surface area contributed by atoms with Gasteiger partial charge in [-0.3, -0.25) is 25.7 Å². The molecule has 0 aromatic heterocycles. The molecule has 9 heteroatoms. The minimum absolute atomic E-state index is 0.0328. The number of hydrazone groups is 1. The van der Waals surface area contributed by atoms with Gasteiger partial charge in [-0.1, -0.05) is 11.8 Å². The Morgan fingerprint density at radius 2 is 2.15 bits per heavy atom. The van der Waals surface area contributed by atoms with Crippen molar-refractivity contribution in [3.63, 3.8) is 0 Å². The highest BCUT2D eigenvalue weighted by Gasteiger charge is 2.18. The van der Waals surface area contributed by atoms with Crippen molar-refractivity contribution < 1.29 is 14.6 Å². The van der Waals surface area contributed by atoms with Gasteiger partial charge in [-0.05, 0) is 6.07 Å². The molecule has 20 heavy (non-hydrogen) atoms. The van der Waals surface area contributed by atoms with E-state index >= 15 is 0 Å². The minimum Gasteiger partial charge on any atom is -0.372 e. The van der Waals surface area contributed by atoms with Gasteiger partial charge in [-0.15, -0.1) is 0 Å². The largest absolute Gasteiger partial charge is 0.372 e. The van der Waals surface area contributed by atoms with Crippen LogP contribution < -0.4 is 5.43 Å². The molecule has 0 heterocycles. The smallest absolute Gasteiger partial charge is 0.301 e. The summed E-state index contributed by atoms with van der Waals surface area (Å²) in [5.41, 5.74) is 1.62. The Hall–Kier alpha value is -2.99. The van der Waals surface area contributed by atoms with E-state index in [4.69, 9.17) is 0 Å². The first-order valence-electron chi connectivity index (χ1n) is 5.24. The number of methoxy groups -OCH3 is 1. The fourth-order valence-corrected chi connectivity index (χ4v) is 1.17. The Morgan fingerprint density at radius 3 is 2.75 bits per heavy atom. The van der Waals surface area contributed by atoms with Gasteiger partial charge in [0.1, 0.15) is 12.3 Å². The molecule has 0 atom stereocenters. The standard InChI is InChI=1S/C11H10N4O5/c1-20-7-3-2-6-12-13-10-5-4-9(14(16)17)8-11(10)15(18)19/h4-6,8,13H,7H2,1H3/b12-6-. The Labute approximate surface area is 113 Å². The number of nitro groups is 2. The first-order chi connectivity index (χ1) is 9.56. The molecule has 0 aliphatic carbocycles. The molecule has 0 fully saturated rings. The highest BCUT2D eigenvalue weighted by molar-refractivity contribution is 5.79. The van der Waals surface area contributed by atoms with Gasteiger partial charge < -0.3 is 4.74 Å². The molecule has 0 aliphatic rings. The Bertz CT molecular complexity index is 603. The van der Waals surface area contributed by atoms with Crippen LogP contribution in [0.4, 0.5) is 17.1 Å². The van der Waals surface area contributed by atoms with E-state index in [1.807, 2.05) is 0 Å². The van der Waals surface area contributed by atoms with E-state index < -0.39 is 15.5 Å². The van der Waals surface area contributed by atoms with Crippen LogP contribution in [-0.2, 0) is 4.74 Å². The topological polar surface area (TPSA) is 120 Å². The Balaban J connectivity index is 2.88. The quantitative estimate of drug-likeness (QED) is 0.377. The molecule has 1 rings (SSSR count).